The SMILES string of the molecule is CCc1ccc(Oc2ccc(C(=O)O)cc2)nc1. The van der Waals surface area contributed by atoms with Crippen molar-refractivity contribution in [1.82, 2.24) is 4.98 Å². The first-order valence-electron chi connectivity index (χ1n) is 5.65. The second-order valence-electron chi connectivity index (χ2n) is 3.79. The van der Waals surface area contributed by atoms with Crippen molar-refractivity contribution in [1.29, 1.82) is 0 Å². The van der Waals surface area contributed by atoms with E-state index in [1.54, 1.807) is 24.4 Å². The van der Waals surface area contributed by atoms with Crippen molar-refractivity contribution >= 4 is 5.97 Å². The van der Waals surface area contributed by atoms with Crippen molar-refractivity contribution in [2.75, 3.05) is 0 Å². The van der Waals surface area contributed by atoms with E-state index in [2.05, 4.69) is 11.9 Å². The number of rotatable bonds is 4. The van der Waals surface area contributed by atoms with E-state index in [0.717, 1.165) is 12.0 Å². The van der Waals surface area contributed by atoms with E-state index in [-0.39, 0.29) is 5.56 Å². The fourth-order valence-electron chi connectivity index (χ4n) is 1.47. The van der Waals surface area contributed by atoms with Gasteiger partial charge in [0, 0.05) is 12.3 Å². The predicted molar refractivity (Wildman–Crippen MR) is 67.1 cm³/mol. The molecule has 0 atom stereocenters. The van der Waals surface area contributed by atoms with Crippen LogP contribution in [0.5, 0.6) is 11.6 Å². The largest absolute Gasteiger partial charge is 0.478 e. The molecule has 0 amide bonds. The first kappa shape index (κ1) is 12.1. The van der Waals surface area contributed by atoms with Crippen LogP contribution in [0.1, 0.15) is 22.8 Å². The molecule has 92 valence electrons. The molecule has 0 saturated carbocycles. The molecular formula is C14H13NO3. The van der Waals surface area contributed by atoms with Crippen LogP contribution in [0.4, 0.5) is 0 Å². The van der Waals surface area contributed by atoms with E-state index < -0.39 is 5.97 Å². The Morgan fingerprint density at radius 1 is 1.22 bits per heavy atom. The van der Waals surface area contributed by atoms with Crippen LogP contribution < -0.4 is 4.74 Å². The summed E-state index contributed by atoms with van der Waals surface area (Å²) in [5.41, 5.74) is 1.38. The van der Waals surface area contributed by atoms with Crippen LogP contribution in [0.2, 0.25) is 0 Å². The van der Waals surface area contributed by atoms with Crippen molar-refractivity contribution in [3.8, 4) is 11.6 Å². The van der Waals surface area contributed by atoms with E-state index in [4.69, 9.17) is 9.84 Å². The molecule has 0 bridgehead atoms. The summed E-state index contributed by atoms with van der Waals surface area (Å²) in [6, 6.07) is 9.96. The highest BCUT2D eigenvalue weighted by Crippen LogP contribution is 2.19. The Morgan fingerprint density at radius 2 is 1.94 bits per heavy atom. The van der Waals surface area contributed by atoms with Crippen molar-refractivity contribution in [3.63, 3.8) is 0 Å². The Morgan fingerprint density at radius 3 is 2.44 bits per heavy atom. The maximum atomic E-state index is 10.7. The zero-order valence-electron chi connectivity index (χ0n) is 9.96. The number of aryl methyl sites for hydroxylation is 1. The molecule has 0 saturated heterocycles. The maximum Gasteiger partial charge on any atom is 0.335 e. The summed E-state index contributed by atoms with van der Waals surface area (Å²) in [5, 5.41) is 8.77. The zero-order valence-corrected chi connectivity index (χ0v) is 9.96. The summed E-state index contributed by atoms with van der Waals surface area (Å²) in [4.78, 5) is 14.9. The number of aromatic nitrogens is 1. The molecule has 0 fully saturated rings. The Bertz CT molecular complexity index is 532. The predicted octanol–water partition coefficient (Wildman–Crippen LogP) is 3.13. The molecule has 0 aliphatic rings. The van der Waals surface area contributed by atoms with Crippen LogP contribution in [0.3, 0.4) is 0 Å². The smallest absolute Gasteiger partial charge is 0.335 e. The average Bonchev–Trinajstić information content (AvgIpc) is 2.40. The number of carbonyl (C=O) groups is 1. The zero-order chi connectivity index (χ0) is 13.0. The number of carboxylic acids is 1. The van der Waals surface area contributed by atoms with Gasteiger partial charge in [0.25, 0.3) is 0 Å². The summed E-state index contributed by atoms with van der Waals surface area (Å²) < 4.78 is 5.51. The van der Waals surface area contributed by atoms with Gasteiger partial charge in [0.1, 0.15) is 5.75 Å². The summed E-state index contributed by atoms with van der Waals surface area (Å²) in [5.74, 6) is 0.110. The Kier molecular flexibility index (Phi) is 3.57. The number of aromatic carboxylic acids is 1. The molecule has 0 unspecified atom stereocenters. The lowest BCUT2D eigenvalue weighted by Crippen LogP contribution is -1.95. The maximum absolute atomic E-state index is 10.7. The Labute approximate surface area is 105 Å². The Hall–Kier alpha value is -2.36. The average molecular weight is 243 g/mol. The highest BCUT2D eigenvalue weighted by atomic mass is 16.5. The summed E-state index contributed by atoms with van der Waals surface area (Å²) >= 11 is 0. The van der Waals surface area contributed by atoms with E-state index >= 15 is 0 Å². The molecule has 18 heavy (non-hydrogen) atoms. The molecule has 2 rings (SSSR count). The third-order valence-corrected chi connectivity index (χ3v) is 2.53. The summed E-state index contributed by atoms with van der Waals surface area (Å²) in [7, 11) is 0. The van der Waals surface area contributed by atoms with Gasteiger partial charge in [0.2, 0.25) is 5.88 Å². The summed E-state index contributed by atoms with van der Waals surface area (Å²) in [6.07, 6.45) is 2.70. The van der Waals surface area contributed by atoms with E-state index in [0.29, 0.717) is 11.6 Å². The van der Waals surface area contributed by atoms with E-state index in [1.807, 2.05) is 6.07 Å². The lowest BCUT2D eigenvalue weighted by Gasteiger charge is -2.05. The normalized spacial score (nSPS) is 10.1. The van der Waals surface area contributed by atoms with Crippen LogP contribution >= 0.6 is 0 Å². The van der Waals surface area contributed by atoms with E-state index in [1.165, 1.54) is 12.1 Å². The van der Waals surface area contributed by atoms with Gasteiger partial charge in [-0.3, -0.25) is 0 Å². The molecule has 4 heteroatoms. The number of pyridine rings is 1. The van der Waals surface area contributed by atoms with E-state index in [9.17, 15) is 4.79 Å². The molecule has 0 aliphatic carbocycles. The number of nitrogens with zero attached hydrogens (tertiary/aromatic N) is 1. The van der Waals surface area contributed by atoms with Crippen LogP contribution in [0.15, 0.2) is 42.6 Å². The molecule has 2 aromatic rings. The molecule has 1 heterocycles. The molecule has 4 nitrogen and oxygen atoms in total. The molecule has 1 aromatic heterocycles. The third kappa shape index (κ3) is 2.85. The minimum atomic E-state index is -0.952. The molecular weight excluding hydrogens is 230 g/mol. The van der Waals surface area contributed by atoms with Gasteiger partial charge in [-0.05, 0) is 36.2 Å². The van der Waals surface area contributed by atoms with Crippen LogP contribution in [0.25, 0.3) is 0 Å². The molecule has 1 aromatic carbocycles. The molecule has 1 N–H and O–H groups in total. The first-order chi connectivity index (χ1) is 8.69. The van der Waals surface area contributed by atoms with Gasteiger partial charge in [0.15, 0.2) is 0 Å². The monoisotopic (exact) mass is 243 g/mol. The minimum absolute atomic E-state index is 0.233. The van der Waals surface area contributed by atoms with Gasteiger partial charge >= 0.3 is 5.97 Å². The molecule has 0 spiro atoms. The van der Waals surface area contributed by atoms with Gasteiger partial charge < -0.3 is 9.84 Å². The number of benzene rings is 1. The third-order valence-electron chi connectivity index (χ3n) is 2.53. The number of ether oxygens (including phenoxy) is 1. The second kappa shape index (κ2) is 5.31. The number of hydrogen-bond donors (Lipinski definition) is 1. The van der Waals surface area contributed by atoms with Crippen molar-refractivity contribution in [2.45, 2.75) is 13.3 Å². The van der Waals surface area contributed by atoms with Crippen LogP contribution in [0, 0.1) is 0 Å². The van der Waals surface area contributed by atoms with Crippen molar-refractivity contribution < 1.29 is 14.6 Å². The van der Waals surface area contributed by atoms with Crippen LogP contribution in [-0.2, 0) is 6.42 Å². The number of carboxylic acid groups (broad SMARTS) is 1. The lowest BCUT2D eigenvalue weighted by molar-refractivity contribution is 0.0697. The molecule has 0 radical (unpaired) electrons. The van der Waals surface area contributed by atoms with Gasteiger partial charge in [0.05, 0.1) is 5.56 Å². The lowest BCUT2D eigenvalue weighted by atomic mass is 10.2. The fraction of sp³-hybridized carbons (Fsp3) is 0.143. The van der Waals surface area contributed by atoms with Gasteiger partial charge in [-0.1, -0.05) is 13.0 Å². The highest BCUT2D eigenvalue weighted by molar-refractivity contribution is 5.87. The standard InChI is InChI=1S/C14H13NO3/c1-2-10-3-8-13(15-9-10)18-12-6-4-11(5-7-12)14(16)17/h3-9H,2H2,1H3,(H,16,17). The van der Waals surface area contributed by atoms with Crippen LogP contribution in [-0.4, -0.2) is 16.1 Å². The Balaban J connectivity index is 2.10. The second-order valence-corrected chi connectivity index (χ2v) is 3.79. The van der Waals surface area contributed by atoms with Crippen molar-refractivity contribution in [3.05, 3.63) is 53.7 Å². The molecule has 0 aliphatic heterocycles. The first-order valence-corrected chi connectivity index (χ1v) is 5.65. The highest BCUT2D eigenvalue weighted by Gasteiger charge is 2.03. The minimum Gasteiger partial charge on any atom is -0.478 e. The number of hydrogen-bond acceptors (Lipinski definition) is 3. The topological polar surface area (TPSA) is 59.4 Å². The van der Waals surface area contributed by atoms with Crippen molar-refractivity contribution in [2.24, 2.45) is 0 Å². The quantitative estimate of drug-likeness (QED) is 0.896. The summed E-state index contributed by atoms with van der Waals surface area (Å²) in [6.45, 7) is 2.06. The van der Waals surface area contributed by atoms with Gasteiger partial charge in [-0.15, -0.1) is 0 Å². The van der Waals surface area contributed by atoms with Gasteiger partial charge in [-0.25, -0.2) is 9.78 Å². The van der Waals surface area contributed by atoms with Gasteiger partial charge in [-0.2, -0.15) is 0 Å². The fourth-order valence-corrected chi connectivity index (χ4v) is 1.47.